The molecular weight excluding hydrogens is 320 g/mol. The average molecular weight is 338 g/mol. The molecule has 1 rings (SSSR count). The highest BCUT2D eigenvalue weighted by Crippen LogP contribution is 2.33. The standard InChI is InChI=1S/C14H18F4N2O3/c1-13(5-6-21,8-23-2)20-12(22)19-9-3-4-11(15)10(7-9)14(16,17)18/h3-4,7,21H,5-6,8H2,1-2H3,(H2,19,20,22). The minimum atomic E-state index is -4.86. The van der Waals surface area contributed by atoms with Crippen molar-refractivity contribution < 1.29 is 32.2 Å². The highest BCUT2D eigenvalue weighted by molar-refractivity contribution is 5.89. The minimum Gasteiger partial charge on any atom is -0.396 e. The fraction of sp³-hybridized carbons (Fsp3) is 0.500. The quantitative estimate of drug-likeness (QED) is 0.699. The van der Waals surface area contributed by atoms with Crippen LogP contribution < -0.4 is 10.6 Å². The number of hydrogen-bond donors (Lipinski definition) is 3. The van der Waals surface area contributed by atoms with Crippen LogP contribution in [0.5, 0.6) is 0 Å². The number of halogens is 4. The first-order valence-electron chi connectivity index (χ1n) is 6.67. The number of ether oxygens (including phenoxy) is 1. The Bertz CT molecular complexity index is 543. The summed E-state index contributed by atoms with van der Waals surface area (Å²) in [4.78, 5) is 11.9. The van der Waals surface area contributed by atoms with Crippen LogP contribution in [0, 0.1) is 5.82 Å². The summed E-state index contributed by atoms with van der Waals surface area (Å²) in [6.45, 7) is 1.49. The van der Waals surface area contributed by atoms with Crippen molar-refractivity contribution in [1.82, 2.24) is 5.32 Å². The number of anilines is 1. The number of benzene rings is 1. The Morgan fingerprint density at radius 3 is 2.52 bits per heavy atom. The number of carbonyl (C=O) groups is 1. The van der Waals surface area contributed by atoms with Gasteiger partial charge in [-0.3, -0.25) is 0 Å². The third kappa shape index (κ3) is 5.68. The van der Waals surface area contributed by atoms with Gasteiger partial charge in [0.05, 0.1) is 17.7 Å². The second-order valence-corrected chi connectivity index (χ2v) is 5.24. The molecule has 0 saturated heterocycles. The molecule has 0 aliphatic rings. The zero-order valence-corrected chi connectivity index (χ0v) is 12.6. The van der Waals surface area contributed by atoms with Gasteiger partial charge in [0, 0.05) is 19.4 Å². The molecule has 1 aromatic carbocycles. The third-order valence-electron chi connectivity index (χ3n) is 3.07. The second-order valence-electron chi connectivity index (χ2n) is 5.24. The molecule has 130 valence electrons. The molecule has 0 fully saturated rings. The fourth-order valence-electron chi connectivity index (χ4n) is 1.99. The molecule has 5 nitrogen and oxygen atoms in total. The van der Waals surface area contributed by atoms with Crippen molar-refractivity contribution >= 4 is 11.7 Å². The Labute approximate surface area is 130 Å². The van der Waals surface area contributed by atoms with Crippen LogP contribution in [0.25, 0.3) is 0 Å². The fourth-order valence-corrected chi connectivity index (χ4v) is 1.99. The number of aliphatic hydroxyl groups excluding tert-OH is 1. The second kappa shape index (κ2) is 7.60. The summed E-state index contributed by atoms with van der Waals surface area (Å²) in [6, 6.07) is 1.36. The highest BCUT2D eigenvalue weighted by atomic mass is 19.4. The van der Waals surface area contributed by atoms with Crippen LogP contribution in [-0.4, -0.2) is 37.0 Å². The number of hydrogen-bond acceptors (Lipinski definition) is 3. The van der Waals surface area contributed by atoms with Gasteiger partial charge in [-0.1, -0.05) is 0 Å². The van der Waals surface area contributed by atoms with Crippen LogP contribution in [0.2, 0.25) is 0 Å². The van der Waals surface area contributed by atoms with E-state index in [4.69, 9.17) is 9.84 Å². The maximum atomic E-state index is 13.2. The van der Waals surface area contributed by atoms with Crippen molar-refractivity contribution in [3.63, 3.8) is 0 Å². The number of urea groups is 1. The van der Waals surface area contributed by atoms with E-state index in [0.717, 1.165) is 6.07 Å². The summed E-state index contributed by atoms with van der Waals surface area (Å²) >= 11 is 0. The van der Waals surface area contributed by atoms with E-state index in [9.17, 15) is 22.4 Å². The molecule has 0 aliphatic heterocycles. The van der Waals surface area contributed by atoms with Crippen LogP contribution in [0.15, 0.2) is 18.2 Å². The van der Waals surface area contributed by atoms with E-state index < -0.39 is 29.1 Å². The summed E-state index contributed by atoms with van der Waals surface area (Å²) < 4.78 is 56.0. The number of carbonyl (C=O) groups excluding carboxylic acids is 1. The molecule has 0 radical (unpaired) electrons. The maximum absolute atomic E-state index is 13.2. The molecule has 1 atom stereocenters. The number of methoxy groups -OCH3 is 1. The Morgan fingerprint density at radius 2 is 2.00 bits per heavy atom. The number of rotatable bonds is 6. The molecule has 0 bridgehead atoms. The lowest BCUT2D eigenvalue weighted by Gasteiger charge is -2.29. The summed E-state index contributed by atoms with van der Waals surface area (Å²) in [7, 11) is 1.41. The zero-order valence-electron chi connectivity index (χ0n) is 12.6. The van der Waals surface area contributed by atoms with Gasteiger partial charge in [-0.25, -0.2) is 9.18 Å². The third-order valence-corrected chi connectivity index (χ3v) is 3.07. The smallest absolute Gasteiger partial charge is 0.396 e. The average Bonchev–Trinajstić information content (AvgIpc) is 2.39. The molecule has 0 saturated carbocycles. The Balaban J connectivity index is 2.85. The molecule has 2 amide bonds. The van der Waals surface area contributed by atoms with Gasteiger partial charge in [-0.05, 0) is 31.5 Å². The number of nitrogens with one attached hydrogen (secondary N) is 2. The van der Waals surface area contributed by atoms with Gasteiger partial charge in [0.1, 0.15) is 5.82 Å². The Morgan fingerprint density at radius 1 is 1.35 bits per heavy atom. The topological polar surface area (TPSA) is 70.6 Å². The zero-order chi connectivity index (χ0) is 17.7. The summed E-state index contributed by atoms with van der Waals surface area (Å²) in [6.07, 6.45) is -4.68. The van der Waals surface area contributed by atoms with Crippen LogP contribution in [0.4, 0.5) is 28.0 Å². The van der Waals surface area contributed by atoms with E-state index in [2.05, 4.69) is 10.6 Å². The molecule has 0 aromatic heterocycles. The molecule has 1 aromatic rings. The van der Waals surface area contributed by atoms with Crippen molar-refractivity contribution in [2.75, 3.05) is 25.6 Å². The van der Waals surface area contributed by atoms with E-state index >= 15 is 0 Å². The predicted octanol–water partition coefficient (Wildman–Crippen LogP) is 2.75. The Kier molecular flexibility index (Phi) is 6.34. The molecule has 23 heavy (non-hydrogen) atoms. The first-order valence-corrected chi connectivity index (χ1v) is 6.67. The van der Waals surface area contributed by atoms with E-state index in [-0.39, 0.29) is 25.3 Å². The van der Waals surface area contributed by atoms with E-state index in [1.807, 2.05) is 0 Å². The number of aliphatic hydroxyl groups is 1. The SMILES string of the molecule is COCC(C)(CCO)NC(=O)Nc1ccc(F)c(C(F)(F)F)c1. The number of alkyl halides is 3. The van der Waals surface area contributed by atoms with Gasteiger partial charge in [-0.15, -0.1) is 0 Å². The molecule has 0 heterocycles. The molecule has 0 spiro atoms. The van der Waals surface area contributed by atoms with Crippen LogP contribution >= 0.6 is 0 Å². The molecule has 0 aliphatic carbocycles. The van der Waals surface area contributed by atoms with Crippen LogP contribution in [0.3, 0.4) is 0 Å². The molecular formula is C14H18F4N2O3. The van der Waals surface area contributed by atoms with Gasteiger partial charge in [0.25, 0.3) is 0 Å². The van der Waals surface area contributed by atoms with Crippen molar-refractivity contribution in [2.24, 2.45) is 0 Å². The Hall–Kier alpha value is -1.87. The monoisotopic (exact) mass is 338 g/mol. The van der Waals surface area contributed by atoms with Crippen LogP contribution in [0.1, 0.15) is 18.9 Å². The van der Waals surface area contributed by atoms with Gasteiger partial charge >= 0.3 is 12.2 Å². The number of amides is 2. The molecule has 3 N–H and O–H groups in total. The summed E-state index contributed by atoms with van der Waals surface area (Å²) in [5, 5.41) is 13.7. The lowest BCUT2D eigenvalue weighted by molar-refractivity contribution is -0.139. The van der Waals surface area contributed by atoms with Gasteiger partial charge in [-0.2, -0.15) is 13.2 Å². The first-order chi connectivity index (χ1) is 10.6. The highest BCUT2D eigenvalue weighted by Gasteiger charge is 2.34. The lowest BCUT2D eigenvalue weighted by atomic mass is 10.00. The van der Waals surface area contributed by atoms with Crippen molar-refractivity contribution in [3.8, 4) is 0 Å². The van der Waals surface area contributed by atoms with Gasteiger partial charge in [0.15, 0.2) is 0 Å². The molecule has 1 unspecified atom stereocenters. The van der Waals surface area contributed by atoms with Crippen LogP contribution in [-0.2, 0) is 10.9 Å². The van der Waals surface area contributed by atoms with Gasteiger partial charge in [0.2, 0.25) is 0 Å². The minimum absolute atomic E-state index is 0.0954. The van der Waals surface area contributed by atoms with Crippen molar-refractivity contribution in [3.05, 3.63) is 29.6 Å². The lowest BCUT2D eigenvalue weighted by Crippen LogP contribution is -2.51. The normalized spacial score (nSPS) is 14.2. The van der Waals surface area contributed by atoms with Gasteiger partial charge < -0.3 is 20.5 Å². The summed E-state index contributed by atoms with van der Waals surface area (Å²) in [5.74, 6) is -1.42. The van der Waals surface area contributed by atoms with E-state index in [1.54, 1.807) is 6.92 Å². The van der Waals surface area contributed by atoms with Crippen molar-refractivity contribution in [1.29, 1.82) is 0 Å². The largest absolute Gasteiger partial charge is 0.419 e. The molecule has 9 heteroatoms. The van der Waals surface area contributed by atoms with E-state index in [1.165, 1.54) is 7.11 Å². The summed E-state index contributed by atoms with van der Waals surface area (Å²) in [5.41, 5.74) is -2.58. The maximum Gasteiger partial charge on any atom is 0.419 e. The first kappa shape index (κ1) is 19.2. The van der Waals surface area contributed by atoms with E-state index in [0.29, 0.717) is 12.1 Å². The van der Waals surface area contributed by atoms with Crippen molar-refractivity contribution in [2.45, 2.75) is 25.1 Å². The predicted molar refractivity (Wildman–Crippen MR) is 75.5 cm³/mol.